The fraction of sp³-hybridized carbons (Fsp3) is 0.526. The van der Waals surface area contributed by atoms with E-state index in [9.17, 15) is 9.59 Å². The summed E-state index contributed by atoms with van der Waals surface area (Å²) >= 11 is 6.31. The van der Waals surface area contributed by atoms with Crippen molar-refractivity contribution in [3.8, 4) is 5.75 Å². The predicted octanol–water partition coefficient (Wildman–Crippen LogP) is 3.81. The molecule has 0 aromatic heterocycles. The van der Waals surface area contributed by atoms with E-state index < -0.39 is 11.8 Å². The molecule has 14 nitrogen and oxygen atoms in total. The molecule has 0 spiro atoms. The van der Waals surface area contributed by atoms with Crippen molar-refractivity contribution >= 4 is 39.9 Å². The van der Waals surface area contributed by atoms with Gasteiger partial charge in [-0.2, -0.15) is 0 Å². The van der Waals surface area contributed by atoms with Crippen LogP contribution < -0.4 is 9.64 Å². The number of carbonyl (C=O) groups excluding carboxylic acids is 2. The lowest BCUT2D eigenvalue weighted by atomic mass is 9.93. The first-order valence-electron chi connectivity index (χ1n) is 17.7. The van der Waals surface area contributed by atoms with Gasteiger partial charge in [0.05, 0.1) is 131 Å². The van der Waals surface area contributed by atoms with Gasteiger partial charge >= 0.3 is 0 Å². The van der Waals surface area contributed by atoms with Crippen molar-refractivity contribution < 1.29 is 62.1 Å². The highest BCUT2D eigenvalue weighted by Crippen LogP contribution is 2.36. The zero-order valence-electron chi connectivity index (χ0n) is 30.0. The van der Waals surface area contributed by atoms with Gasteiger partial charge in [-0.25, -0.2) is 4.90 Å². The molecule has 0 fully saturated rings. The molecule has 0 saturated carbocycles. The summed E-state index contributed by atoms with van der Waals surface area (Å²) in [6.07, 6.45) is 0. The Bertz CT molecular complexity index is 1470. The number of aliphatic hydroxyl groups is 1. The van der Waals surface area contributed by atoms with Crippen LogP contribution in [0.1, 0.15) is 20.7 Å². The van der Waals surface area contributed by atoms with Crippen LogP contribution in [0.5, 0.6) is 5.75 Å². The lowest BCUT2D eigenvalue weighted by Crippen LogP contribution is -2.40. The SMILES string of the molecule is O=C1c2cccc3c(Cl)ccc(c23)C(=O)N1c1ccc(OCCOCCOCCOCCOCCOCCOCCOCCOCCOCCO)cc1. The van der Waals surface area contributed by atoms with E-state index in [2.05, 4.69) is 0 Å². The van der Waals surface area contributed by atoms with Gasteiger partial charge in [0.15, 0.2) is 0 Å². The highest BCUT2D eigenvalue weighted by atomic mass is 35.5. The Morgan fingerprint density at radius 2 is 0.868 bits per heavy atom. The van der Waals surface area contributed by atoms with Gasteiger partial charge < -0.3 is 52.5 Å². The van der Waals surface area contributed by atoms with E-state index in [1.54, 1.807) is 54.6 Å². The average molecular weight is 764 g/mol. The first kappa shape index (κ1) is 42.5. The number of ether oxygens (including phenoxy) is 10. The number of amides is 2. The van der Waals surface area contributed by atoms with Crippen LogP contribution in [0.4, 0.5) is 5.69 Å². The fourth-order valence-corrected chi connectivity index (χ4v) is 5.35. The number of hydrogen-bond acceptors (Lipinski definition) is 13. The van der Waals surface area contributed by atoms with Crippen molar-refractivity contribution in [1.29, 1.82) is 0 Å². The molecule has 0 unspecified atom stereocenters. The minimum atomic E-state index is -0.395. The van der Waals surface area contributed by atoms with E-state index >= 15 is 0 Å². The Hall–Kier alpha value is -3.25. The number of benzene rings is 3. The molecular weight excluding hydrogens is 714 g/mol. The van der Waals surface area contributed by atoms with Gasteiger partial charge in [-0.15, -0.1) is 0 Å². The molecule has 292 valence electrons. The summed E-state index contributed by atoms with van der Waals surface area (Å²) in [4.78, 5) is 27.8. The monoisotopic (exact) mass is 763 g/mol. The number of imide groups is 1. The minimum Gasteiger partial charge on any atom is -0.491 e. The molecule has 1 heterocycles. The van der Waals surface area contributed by atoms with Crippen LogP contribution in [-0.4, -0.2) is 149 Å². The first-order valence-corrected chi connectivity index (χ1v) is 18.1. The van der Waals surface area contributed by atoms with Crippen LogP contribution in [0.3, 0.4) is 0 Å². The Labute approximate surface area is 315 Å². The molecule has 0 radical (unpaired) electrons. The first-order chi connectivity index (χ1) is 26.1. The summed E-state index contributed by atoms with van der Waals surface area (Å²) in [5, 5.41) is 10.4. The molecule has 3 aromatic carbocycles. The van der Waals surface area contributed by atoms with E-state index in [0.717, 1.165) is 0 Å². The number of hydrogen-bond donors (Lipinski definition) is 1. The second-order valence-electron chi connectivity index (χ2n) is 11.3. The van der Waals surface area contributed by atoms with Crippen molar-refractivity contribution in [3.63, 3.8) is 0 Å². The predicted molar refractivity (Wildman–Crippen MR) is 196 cm³/mol. The number of halogens is 1. The minimum absolute atomic E-state index is 0.0159. The van der Waals surface area contributed by atoms with Crippen LogP contribution in [-0.2, 0) is 42.6 Å². The number of anilines is 1. The lowest BCUT2D eigenvalue weighted by Gasteiger charge is -2.27. The lowest BCUT2D eigenvalue weighted by molar-refractivity contribution is -0.0258. The van der Waals surface area contributed by atoms with Gasteiger partial charge in [0.25, 0.3) is 11.8 Å². The Balaban J connectivity index is 0.897. The molecule has 15 heteroatoms. The number of aliphatic hydroxyl groups excluding tert-OH is 1. The van der Waals surface area contributed by atoms with Gasteiger partial charge in [-0.05, 0) is 42.5 Å². The van der Waals surface area contributed by atoms with E-state index in [1.807, 2.05) is 0 Å². The Kier molecular flexibility index (Phi) is 20.6. The van der Waals surface area contributed by atoms with Crippen molar-refractivity contribution in [1.82, 2.24) is 0 Å². The molecule has 1 aliphatic rings. The summed E-state index contributed by atoms with van der Waals surface area (Å²) < 4.78 is 54.6. The van der Waals surface area contributed by atoms with Crippen molar-refractivity contribution in [2.24, 2.45) is 0 Å². The maximum absolute atomic E-state index is 13.3. The standard InChI is InChI=1S/C38H50ClNO13/c39-35-9-8-34-36-32(35)2-1-3-33(36)37(42)40(38(34)43)30-4-6-31(7-5-30)53-29-28-52-27-26-51-25-24-50-23-22-49-21-20-48-19-18-47-17-16-46-15-14-45-13-12-44-11-10-41/h1-9,41H,10-29H2. The summed E-state index contributed by atoms with van der Waals surface area (Å²) in [6.45, 7) is 8.56. The second-order valence-corrected chi connectivity index (χ2v) is 11.8. The van der Waals surface area contributed by atoms with Gasteiger partial charge in [0.1, 0.15) is 12.4 Å². The van der Waals surface area contributed by atoms with Crippen LogP contribution in [0.15, 0.2) is 54.6 Å². The molecule has 0 saturated heterocycles. The zero-order valence-corrected chi connectivity index (χ0v) is 30.8. The molecule has 0 atom stereocenters. The highest BCUT2D eigenvalue weighted by molar-refractivity contribution is 6.40. The van der Waals surface area contributed by atoms with Gasteiger partial charge in [0.2, 0.25) is 0 Å². The molecular formula is C38H50ClNO13. The maximum atomic E-state index is 13.3. The third-order valence-corrected chi connectivity index (χ3v) is 7.99. The molecule has 0 aliphatic carbocycles. The fourth-order valence-electron chi connectivity index (χ4n) is 5.13. The largest absolute Gasteiger partial charge is 0.491 e. The summed E-state index contributed by atoms with van der Waals surface area (Å²) in [7, 11) is 0. The quantitative estimate of drug-likeness (QED) is 0.0749. The highest BCUT2D eigenvalue weighted by Gasteiger charge is 2.34. The summed E-state index contributed by atoms with van der Waals surface area (Å²) in [6, 6.07) is 15.4. The summed E-state index contributed by atoms with van der Waals surface area (Å²) in [5.74, 6) is -0.199. The number of rotatable bonds is 31. The Morgan fingerprint density at radius 3 is 1.30 bits per heavy atom. The third kappa shape index (κ3) is 14.8. The molecule has 1 aliphatic heterocycles. The molecule has 3 aromatic rings. The van der Waals surface area contributed by atoms with Crippen LogP contribution >= 0.6 is 11.6 Å². The van der Waals surface area contributed by atoms with E-state index in [-0.39, 0.29) is 6.61 Å². The van der Waals surface area contributed by atoms with Gasteiger partial charge in [-0.1, -0.05) is 23.7 Å². The van der Waals surface area contributed by atoms with Crippen molar-refractivity contribution in [2.75, 3.05) is 137 Å². The zero-order chi connectivity index (χ0) is 37.4. The van der Waals surface area contributed by atoms with Crippen LogP contribution in [0.25, 0.3) is 10.8 Å². The average Bonchev–Trinajstić information content (AvgIpc) is 3.17. The normalized spacial score (nSPS) is 12.7. The smallest absolute Gasteiger partial charge is 0.265 e. The van der Waals surface area contributed by atoms with Gasteiger partial charge in [0, 0.05) is 26.9 Å². The van der Waals surface area contributed by atoms with Crippen LogP contribution in [0, 0.1) is 0 Å². The van der Waals surface area contributed by atoms with Crippen molar-refractivity contribution in [3.05, 3.63) is 70.7 Å². The third-order valence-electron chi connectivity index (χ3n) is 7.66. The maximum Gasteiger partial charge on any atom is 0.265 e. The van der Waals surface area contributed by atoms with E-state index in [1.165, 1.54) is 4.90 Å². The number of carbonyl (C=O) groups is 2. The second kappa shape index (κ2) is 25.7. The van der Waals surface area contributed by atoms with Crippen molar-refractivity contribution in [2.45, 2.75) is 0 Å². The molecule has 53 heavy (non-hydrogen) atoms. The van der Waals surface area contributed by atoms with Gasteiger partial charge in [-0.3, -0.25) is 9.59 Å². The molecule has 4 rings (SSSR count). The molecule has 2 amide bonds. The van der Waals surface area contributed by atoms with Crippen LogP contribution in [0.2, 0.25) is 5.02 Å². The number of nitrogens with zero attached hydrogens (tertiary/aromatic N) is 1. The van der Waals surface area contributed by atoms with E-state index in [4.69, 9.17) is 64.1 Å². The molecule has 0 bridgehead atoms. The Morgan fingerprint density at radius 1 is 0.472 bits per heavy atom. The molecule has 1 N–H and O–H groups in total. The topological polar surface area (TPSA) is 150 Å². The summed E-state index contributed by atoms with van der Waals surface area (Å²) in [5.41, 5.74) is 1.33. The van der Waals surface area contributed by atoms with E-state index in [0.29, 0.717) is 164 Å².